The number of methoxy groups -OCH3 is 1. The van der Waals surface area contributed by atoms with Gasteiger partial charge in [-0.25, -0.2) is 14.8 Å². The Morgan fingerprint density at radius 3 is 2.73 bits per heavy atom. The molecular weight excluding hydrogens is 300 g/mol. The number of carbonyl (C=O) groups excluding carboxylic acids is 1. The number of anilines is 1. The van der Waals surface area contributed by atoms with Crippen LogP contribution in [0.5, 0.6) is 5.88 Å². The highest BCUT2D eigenvalue weighted by Gasteiger charge is 2.35. The Bertz CT molecular complexity index is 652. The quantitative estimate of drug-likeness (QED) is 0.888. The smallest absolute Gasteiger partial charge is 0.319 e. The summed E-state index contributed by atoms with van der Waals surface area (Å²) in [5, 5.41) is 6.79. The fraction of sp³-hybridized carbons (Fsp3) is 0.400. The van der Waals surface area contributed by atoms with Gasteiger partial charge in [-0.3, -0.25) is 0 Å². The zero-order valence-electron chi connectivity index (χ0n) is 12.5. The summed E-state index contributed by atoms with van der Waals surface area (Å²) < 4.78 is 4.99. The van der Waals surface area contributed by atoms with Crippen LogP contribution >= 0.6 is 11.3 Å². The van der Waals surface area contributed by atoms with E-state index >= 15 is 0 Å². The lowest BCUT2D eigenvalue weighted by atomic mass is 10.2. The van der Waals surface area contributed by atoms with E-state index in [4.69, 9.17) is 4.74 Å². The molecule has 1 aliphatic carbocycles. The normalized spacial score (nSPS) is 15.2. The highest BCUT2D eigenvalue weighted by molar-refractivity contribution is 7.11. The van der Waals surface area contributed by atoms with Crippen molar-refractivity contribution >= 4 is 23.1 Å². The maximum absolute atomic E-state index is 12.2. The summed E-state index contributed by atoms with van der Waals surface area (Å²) in [7, 11) is 1.55. The Kier molecular flexibility index (Phi) is 4.24. The second-order valence-corrected chi connectivity index (χ2v) is 6.58. The van der Waals surface area contributed by atoms with Crippen LogP contribution in [-0.2, 0) is 0 Å². The van der Waals surface area contributed by atoms with Gasteiger partial charge in [0.2, 0.25) is 5.88 Å². The Balaban J connectivity index is 1.63. The first-order chi connectivity index (χ1) is 10.7. The molecule has 0 bridgehead atoms. The Morgan fingerprint density at radius 2 is 2.18 bits per heavy atom. The van der Waals surface area contributed by atoms with Gasteiger partial charge in [0.25, 0.3) is 0 Å². The molecule has 0 radical (unpaired) electrons. The average molecular weight is 318 g/mol. The number of thiazole rings is 1. The predicted molar refractivity (Wildman–Crippen MR) is 85.3 cm³/mol. The molecule has 2 aromatic rings. The molecule has 0 saturated heterocycles. The molecule has 1 atom stereocenters. The van der Waals surface area contributed by atoms with Gasteiger partial charge in [0.05, 0.1) is 25.0 Å². The van der Waals surface area contributed by atoms with E-state index in [-0.39, 0.29) is 12.1 Å². The molecule has 2 aromatic heterocycles. The molecule has 2 amide bonds. The van der Waals surface area contributed by atoms with Crippen molar-refractivity contribution in [3.63, 3.8) is 0 Å². The molecule has 1 fully saturated rings. The minimum atomic E-state index is -0.239. The molecule has 3 rings (SSSR count). The van der Waals surface area contributed by atoms with E-state index in [1.54, 1.807) is 36.8 Å². The molecule has 22 heavy (non-hydrogen) atoms. The summed E-state index contributed by atoms with van der Waals surface area (Å²) in [6.45, 7) is 2.02. The van der Waals surface area contributed by atoms with Crippen molar-refractivity contribution < 1.29 is 9.53 Å². The minimum absolute atomic E-state index is 0.00934. The van der Waals surface area contributed by atoms with Crippen LogP contribution < -0.4 is 15.4 Å². The highest BCUT2D eigenvalue weighted by atomic mass is 32.1. The summed E-state index contributed by atoms with van der Waals surface area (Å²) >= 11 is 1.63. The number of ether oxygens (including phenoxy) is 1. The van der Waals surface area contributed by atoms with E-state index < -0.39 is 0 Å². The number of hydrogen-bond acceptors (Lipinski definition) is 5. The van der Waals surface area contributed by atoms with E-state index in [2.05, 4.69) is 20.6 Å². The van der Waals surface area contributed by atoms with Crippen LogP contribution in [0.25, 0.3) is 0 Å². The van der Waals surface area contributed by atoms with Crippen molar-refractivity contribution in [2.24, 2.45) is 5.92 Å². The van der Waals surface area contributed by atoms with Crippen LogP contribution in [0.1, 0.15) is 28.8 Å². The summed E-state index contributed by atoms with van der Waals surface area (Å²) in [5.74, 6) is 1.00. The molecule has 1 saturated carbocycles. The van der Waals surface area contributed by atoms with Gasteiger partial charge in [0.1, 0.15) is 5.01 Å². The molecule has 116 valence electrons. The molecule has 0 unspecified atom stereocenters. The second-order valence-electron chi connectivity index (χ2n) is 5.31. The zero-order valence-corrected chi connectivity index (χ0v) is 13.3. The standard InChI is InChI=1S/C15H18N4O2S/c1-9-7-17-14(22-9)13(10-3-4-10)19-15(20)18-11-5-6-12(21-2)16-8-11/h5-8,10,13H,3-4H2,1-2H3,(H2,18,19,20)/t13-/m0/s1. The predicted octanol–water partition coefficient (Wildman–Crippen LogP) is 3.13. The van der Waals surface area contributed by atoms with Crippen LogP contribution in [-0.4, -0.2) is 23.1 Å². The first kappa shape index (κ1) is 14.8. The van der Waals surface area contributed by atoms with Crippen molar-refractivity contribution in [2.45, 2.75) is 25.8 Å². The first-order valence-corrected chi connectivity index (χ1v) is 7.97. The number of rotatable bonds is 5. The maximum Gasteiger partial charge on any atom is 0.319 e. The monoisotopic (exact) mass is 318 g/mol. The largest absolute Gasteiger partial charge is 0.481 e. The van der Waals surface area contributed by atoms with Crippen LogP contribution in [0.4, 0.5) is 10.5 Å². The van der Waals surface area contributed by atoms with Crippen molar-refractivity contribution in [3.8, 4) is 5.88 Å². The van der Waals surface area contributed by atoms with Gasteiger partial charge in [0, 0.05) is 17.1 Å². The zero-order chi connectivity index (χ0) is 15.5. The van der Waals surface area contributed by atoms with Crippen LogP contribution in [0.3, 0.4) is 0 Å². The Morgan fingerprint density at radius 1 is 1.36 bits per heavy atom. The van der Waals surface area contributed by atoms with E-state index in [1.807, 2.05) is 13.1 Å². The van der Waals surface area contributed by atoms with Gasteiger partial charge in [0.15, 0.2) is 0 Å². The number of aryl methyl sites for hydroxylation is 1. The van der Waals surface area contributed by atoms with Gasteiger partial charge in [-0.15, -0.1) is 11.3 Å². The minimum Gasteiger partial charge on any atom is -0.481 e. The molecular formula is C15H18N4O2S. The number of pyridine rings is 1. The number of urea groups is 1. The maximum atomic E-state index is 12.2. The van der Waals surface area contributed by atoms with Gasteiger partial charge >= 0.3 is 6.03 Å². The molecule has 6 nitrogen and oxygen atoms in total. The van der Waals surface area contributed by atoms with Crippen LogP contribution in [0.15, 0.2) is 24.5 Å². The van der Waals surface area contributed by atoms with Crippen molar-refractivity contribution in [1.82, 2.24) is 15.3 Å². The van der Waals surface area contributed by atoms with Crippen molar-refractivity contribution in [2.75, 3.05) is 12.4 Å². The van der Waals surface area contributed by atoms with Gasteiger partial charge in [-0.05, 0) is 31.7 Å². The van der Waals surface area contributed by atoms with E-state index in [0.717, 1.165) is 22.7 Å². The summed E-state index contributed by atoms with van der Waals surface area (Å²) in [6, 6.07) is 3.21. The number of aromatic nitrogens is 2. The number of nitrogens with zero attached hydrogens (tertiary/aromatic N) is 2. The summed E-state index contributed by atoms with van der Waals surface area (Å²) in [4.78, 5) is 21.8. The van der Waals surface area contributed by atoms with E-state index in [0.29, 0.717) is 17.5 Å². The molecule has 7 heteroatoms. The Labute approximate surface area is 132 Å². The fourth-order valence-corrected chi connectivity index (χ4v) is 3.13. The number of carbonyl (C=O) groups is 1. The van der Waals surface area contributed by atoms with Crippen molar-refractivity contribution in [3.05, 3.63) is 34.4 Å². The first-order valence-electron chi connectivity index (χ1n) is 7.15. The third-order valence-corrected chi connectivity index (χ3v) is 4.48. The van der Waals surface area contributed by atoms with Gasteiger partial charge in [-0.2, -0.15) is 0 Å². The van der Waals surface area contributed by atoms with Crippen LogP contribution in [0, 0.1) is 12.8 Å². The second kappa shape index (κ2) is 6.31. The molecule has 2 N–H and O–H groups in total. The van der Waals surface area contributed by atoms with E-state index in [1.165, 1.54) is 0 Å². The highest BCUT2D eigenvalue weighted by Crippen LogP contribution is 2.42. The van der Waals surface area contributed by atoms with Crippen molar-refractivity contribution in [1.29, 1.82) is 0 Å². The Hall–Kier alpha value is -2.15. The van der Waals surface area contributed by atoms with Gasteiger partial charge in [-0.1, -0.05) is 0 Å². The SMILES string of the molecule is COc1ccc(NC(=O)N[C@H](c2ncc(C)s2)C2CC2)cn1. The number of hydrogen-bond donors (Lipinski definition) is 2. The lowest BCUT2D eigenvalue weighted by Gasteiger charge is -2.16. The van der Waals surface area contributed by atoms with Gasteiger partial charge < -0.3 is 15.4 Å². The topological polar surface area (TPSA) is 76.1 Å². The summed E-state index contributed by atoms with van der Waals surface area (Å²) in [5.41, 5.74) is 0.628. The lowest BCUT2D eigenvalue weighted by molar-refractivity contribution is 0.247. The molecule has 0 aliphatic heterocycles. The third kappa shape index (κ3) is 3.54. The molecule has 0 aromatic carbocycles. The fourth-order valence-electron chi connectivity index (χ4n) is 2.21. The number of nitrogens with one attached hydrogen (secondary N) is 2. The average Bonchev–Trinajstić information content (AvgIpc) is 3.27. The molecule has 2 heterocycles. The lowest BCUT2D eigenvalue weighted by Crippen LogP contribution is -2.33. The molecule has 0 spiro atoms. The summed E-state index contributed by atoms with van der Waals surface area (Å²) in [6.07, 6.45) is 5.68. The van der Waals surface area contributed by atoms with E-state index in [9.17, 15) is 4.79 Å². The number of amides is 2. The van der Waals surface area contributed by atoms with Crippen LogP contribution in [0.2, 0.25) is 0 Å². The molecule has 1 aliphatic rings. The third-order valence-electron chi connectivity index (χ3n) is 3.49.